The van der Waals surface area contributed by atoms with E-state index in [0.29, 0.717) is 43.1 Å². The molecule has 1 aromatic heterocycles. The highest BCUT2D eigenvalue weighted by Crippen LogP contribution is 2.23. The zero-order valence-electron chi connectivity index (χ0n) is 15.9. The number of hydrogen-bond acceptors (Lipinski definition) is 6. The van der Waals surface area contributed by atoms with Crippen molar-refractivity contribution in [3.63, 3.8) is 0 Å². The Labute approximate surface area is 183 Å². The molecule has 29 heavy (non-hydrogen) atoms. The van der Waals surface area contributed by atoms with Crippen LogP contribution in [0, 0.1) is 0 Å². The van der Waals surface area contributed by atoms with Crippen molar-refractivity contribution in [2.75, 3.05) is 37.6 Å². The first-order valence-electron chi connectivity index (χ1n) is 8.59. The number of rotatable bonds is 6. The fourth-order valence-electron chi connectivity index (χ4n) is 2.82. The molecular formula is C18H24Cl2N4O4S. The lowest BCUT2D eigenvalue weighted by Crippen LogP contribution is -2.51. The maximum Gasteiger partial charge on any atom is 0.339 e. The van der Waals surface area contributed by atoms with Crippen LogP contribution in [0.3, 0.4) is 0 Å². The fraction of sp³-hybridized carbons (Fsp3) is 0.333. The zero-order valence-corrected chi connectivity index (χ0v) is 18.3. The third kappa shape index (κ3) is 6.03. The Morgan fingerprint density at radius 2 is 1.79 bits per heavy atom. The number of nitrogens with zero attached hydrogens (tertiary/aromatic N) is 3. The Morgan fingerprint density at radius 3 is 2.34 bits per heavy atom. The normalized spacial score (nSPS) is 14.2. The molecule has 1 aromatic carbocycles. The van der Waals surface area contributed by atoms with Gasteiger partial charge in [-0.25, -0.2) is 4.79 Å². The number of piperazine rings is 1. The van der Waals surface area contributed by atoms with Crippen LogP contribution >= 0.6 is 24.8 Å². The minimum atomic E-state index is -3.71. The van der Waals surface area contributed by atoms with Gasteiger partial charge in [0.15, 0.2) is 0 Å². The predicted octanol–water partition coefficient (Wildman–Crippen LogP) is 1.87. The summed E-state index contributed by atoms with van der Waals surface area (Å²) in [7, 11) is -2.41. The molecule has 1 saturated heterocycles. The summed E-state index contributed by atoms with van der Waals surface area (Å²) in [5.41, 5.74) is 1.41. The molecule has 8 nitrogen and oxygen atoms in total. The SMILES string of the molecule is COC(=O)c1ccc(CN(c2ccccc2)S(=O)(=O)N2CCNCC2)nc1.Cl.Cl. The molecular weight excluding hydrogens is 439 g/mol. The molecule has 0 atom stereocenters. The molecule has 11 heteroatoms. The Bertz CT molecular complexity index is 876. The molecule has 3 rings (SSSR count). The molecule has 1 aliphatic rings. The number of methoxy groups -OCH3 is 1. The van der Waals surface area contributed by atoms with E-state index < -0.39 is 16.2 Å². The molecule has 0 radical (unpaired) electrons. The summed E-state index contributed by atoms with van der Waals surface area (Å²) in [4.78, 5) is 15.8. The van der Waals surface area contributed by atoms with Gasteiger partial charge in [0.1, 0.15) is 0 Å². The van der Waals surface area contributed by atoms with Crippen molar-refractivity contribution in [3.05, 3.63) is 59.9 Å². The van der Waals surface area contributed by atoms with Gasteiger partial charge < -0.3 is 10.1 Å². The van der Waals surface area contributed by atoms with E-state index in [2.05, 4.69) is 15.0 Å². The third-order valence-corrected chi connectivity index (χ3v) is 6.19. The first-order valence-corrected chi connectivity index (χ1v) is 9.99. The number of carbonyl (C=O) groups excluding carboxylic acids is 1. The lowest BCUT2D eigenvalue weighted by Gasteiger charge is -2.33. The van der Waals surface area contributed by atoms with Gasteiger partial charge in [-0.3, -0.25) is 9.29 Å². The Kier molecular flexibility index (Phi) is 9.81. The van der Waals surface area contributed by atoms with Gasteiger partial charge in [0, 0.05) is 32.4 Å². The number of ether oxygens (including phenoxy) is 1. The fourth-order valence-corrected chi connectivity index (χ4v) is 4.42. The number of carbonyl (C=O) groups is 1. The number of anilines is 1. The highest BCUT2D eigenvalue weighted by molar-refractivity contribution is 7.90. The second-order valence-electron chi connectivity index (χ2n) is 6.03. The van der Waals surface area contributed by atoms with Crippen molar-refractivity contribution < 1.29 is 17.9 Å². The number of pyridine rings is 1. The van der Waals surface area contributed by atoms with E-state index in [1.54, 1.807) is 36.4 Å². The van der Waals surface area contributed by atoms with Crippen molar-refractivity contribution in [1.82, 2.24) is 14.6 Å². The summed E-state index contributed by atoms with van der Waals surface area (Å²) in [5, 5.41) is 3.16. The summed E-state index contributed by atoms with van der Waals surface area (Å²) >= 11 is 0. The molecule has 2 heterocycles. The molecule has 0 bridgehead atoms. The summed E-state index contributed by atoms with van der Waals surface area (Å²) in [5.74, 6) is -0.484. The van der Waals surface area contributed by atoms with Crippen LogP contribution in [0.2, 0.25) is 0 Å². The highest BCUT2D eigenvalue weighted by atomic mass is 35.5. The zero-order chi connectivity index (χ0) is 19.3. The lowest BCUT2D eigenvalue weighted by atomic mass is 10.2. The number of benzene rings is 1. The largest absolute Gasteiger partial charge is 0.465 e. The van der Waals surface area contributed by atoms with Crippen LogP contribution in [0.5, 0.6) is 0 Å². The van der Waals surface area contributed by atoms with E-state index in [4.69, 9.17) is 0 Å². The number of para-hydroxylation sites is 1. The number of halogens is 2. The molecule has 0 amide bonds. The Hall–Kier alpha value is -1.91. The standard InChI is InChI=1S/C18H22N4O4S.2ClH/c1-26-18(23)15-7-8-16(20-13-15)14-22(17-5-3-2-4-6-17)27(24,25)21-11-9-19-10-12-21;;/h2-8,13,19H,9-12,14H2,1H3;2*1H. The second-order valence-corrected chi connectivity index (χ2v) is 7.88. The number of hydrogen-bond donors (Lipinski definition) is 1. The van der Waals surface area contributed by atoms with Gasteiger partial charge in [0.05, 0.1) is 30.6 Å². The van der Waals surface area contributed by atoms with Gasteiger partial charge in [-0.1, -0.05) is 18.2 Å². The molecule has 1 aliphatic heterocycles. The summed E-state index contributed by atoms with van der Waals surface area (Å²) in [6.45, 7) is 2.14. The maximum atomic E-state index is 13.2. The van der Waals surface area contributed by atoms with Crippen molar-refractivity contribution in [3.8, 4) is 0 Å². The third-order valence-electron chi connectivity index (χ3n) is 4.28. The van der Waals surface area contributed by atoms with Gasteiger partial charge in [-0.05, 0) is 24.3 Å². The van der Waals surface area contributed by atoms with Crippen LogP contribution in [0.4, 0.5) is 5.69 Å². The quantitative estimate of drug-likeness (QED) is 0.658. The second kappa shape index (κ2) is 11.3. The molecule has 2 aromatic rings. The van der Waals surface area contributed by atoms with E-state index in [1.807, 2.05) is 6.07 Å². The summed E-state index contributed by atoms with van der Waals surface area (Å²) in [6.07, 6.45) is 1.39. The Morgan fingerprint density at radius 1 is 1.14 bits per heavy atom. The average molecular weight is 463 g/mol. The van der Waals surface area contributed by atoms with Gasteiger partial charge in [0.2, 0.25) is 0 Å². The average Bonchev–Trinajstić information content (AvgIpc) is 2.73. The van der Waals surface area contributed by atoms with Crippen LogP contribution in [0.25, 0.3) is 0 Å². The molecule has 0 spiro atoms. The van der Waals surface area contributed by atoms with Crippen molar-refractivity contribution in [1.29, 1.82) is 0 Å². The minimum Gasteiger partial charge on any atom is -0.465 e. The van der Waals surface area contributed by atoms with Crippen LogP contribution in [0.15, 0.2) is 48.7 Å². The van der Waals surface area contributed by atoms with Crippen LogP contribution in [0.1, 0.15) is 16.1 Å². The van der Waals surface area contributed by atoms with Gasteiger partial charge >= 0.3 is 16.2 Å². The van der Waals surface area contributed by atoms with E-state index in [0.717, 1.165) is 0 Å². The number of nitrogens with one attached hydrogen (secondary N) is 1. The van der Waals surface area contributed by atoms with Gasteiger partial charge in [0.25, 0.3) is 0 Å². The number of aromatic nitrogens is 1. The summed E-state index contributed by atoms with van der Waals surface area (Å²) in [6, 6.07) is 12.1. The van der Waals surface area contributed by atoms with Crippen molar-refractivity contribution in [2.45, 2.75) is 6.54 Å². The van der Waals surface area contributed by atoms with Crippen molar-refractivity contribution in [2.24, 2.45) is 0 Å². The topological polar surface area (TPSA) is 91.8 Å². The van der Waals surface area contributed by atoms with Crippen LogP contribution in [-0.2, 0) is 21.5 Å². The molecule has 160 valence electrons. The first kappa shape index (κ1) is 25.1. The monoisotopic (exact) mass is 462 g/mol. The van der Waals surface area contributed by atoms with Crippen LogP contribution < -0.4 is 9.62 Å². The lowest BCUT2D eigenvalue weighted by molar-refractivity contribution is 0.0600. The smallest absolute Gasteiger partial charge is 0.339 e. The van der Waals surface area contributed by atoms with E-state index in [9.17, 15) is 13.2 Å². The molecule has 0 aliphatic carbocycles. The Balaban J connectivity index is 0.00000210. The first-order chi connectivity index (χ1) is 13.0. The van der Waals surface area contributed by atoms with E-state index in [1.165, 1.54) is 21.9 Å². The molecule has 0 unspecified atom stereocenters. The molecule has 1 fully saturated rings. The van der Waals surface area contributed by atoms with Gasteiger partial charge in [-0.15, -0.1) is 24.8 Å². The highest BCUT2D eigenvalue weighted by Gasteiger charge is 2.31. The van der Waals surface area contributed by atoms with E-state index >= 15 is 0 Å². The molecule has 0 saturated carbocycles. The van der Waals surface area contributed by atoms with Crippen LogP contribution in [-0.4, -0.2) is 57.0 Å². The summed E-state index contributed by atoms with van der Waals surface area (Å²) < 4.78 is 33.9. The molecule has 1 N–H and O–H groups in total. The predicted molar refractivity (Wildman–Crippen MR) is 116 cm³/mol. The van der Waals surface area contributed by atoms with Gasteiger partial charge in [-0.2, -0.15) is 12.7 Å². The van der Waals surface area contributed by atoms with E-state index in [-0.39, 0.29) is 31.4 Å². The maximum absolute atomic E-state index is 13.2. The minimum absolute atomic E-state index is 0. The number of esters is 1. The van der Waals surface area contributed by atoms with Crippen molar-refractivity contribution >= 4 is 46.7 Å².